The van der Waals surface area contributed by atoms with E-state index in [2.05, 4.69) is 44.9 Å². The molecule has 102 valence electrons. The summed E-state index contributed by atoms with van der Waals surface area (Å²) in [6, 6.07) is 11.0. The number of hydrogen-bond acceptors (Lipinski definition) is 2. The summed E-state index contributed by atoms with van der Waals surface area (Å²) in [6.07, 6.45) is 4.05. The Morgan fingerprint density at radius 2 is 1.89 bits per heavy atom. The molecule has 2 rings (SSSR count). The summed E-state index contributed by atoms with van der Waals surface area (Å²) in [5.74, 6) is 0.321. The van der Waals surface area contributed by atoms with Crippen molar-refractivity contribution >= 4 is 9.24 Å². The van der Waals surface area contributed by atoms with Crippen LogP contribution in [-0.2, 0) is 4.74 Å². The molecule has 0 saturated heterocycles. The first-order valence-electron chi connectivity index (χ1n) is 6.90. The van der Waals surface area contributed by atoms with Crippen molar-refractivity contribution in [3.63, 3.8) is 0 Å². The van der Waals surface area contributed by atoms with Crippen molar-refractivity contribution in [3.05, 3.63) is 35.9 Å². The van der Waals surface area contributed by atoms with E-state index in [0.29, 0.717) is 17.9 Å². The van der Waals surface area contributed by atoms with Crippen LogP contribution in [0.1, 0.15) is 44.5 Å². The van der Waals surface area contributed by atoms with Gasteiger partial charge in [-0.3, -0.25) is 0 Å². The zero-order valence-corrected chi connectivity index (χ0v) is 12.9. The summed E-state index contributed by atoms with van der Waals surface area (Å²) in [5.41, 5.74) is 1.31. The van der Waals surface area contributed by atoms with E-state index in [4.69, 9.17) is 4.74 Å². The predicted octanol–water partition coefficient (Wildman–Crippen LogP) is 3.74. The van der Waals surface area contributed by atoms with Crippen LogP contribution in [0, 0.1) is 0 Å². The fourth-order valence-corrected chi connectivity index (χ4v) is 2.86. The molecule has 2 nitrogen and oxygen atoms in total. The monoisotopic (exact) mass is 267 g/mol. The zero-order valence-electron chi connectivity index (χ0n) is 11.7. The van der Waals surface area contributed by atoms with Crippen LogP contribution in [-0.4, -0.2) is 19.3 Å². The van der Waals surface area contributed by atoms with Crippen molar-refractivity contribution in [1.82, 2.24) is 5.32 Å². The fraction of sp³-hybridized carbons (Fsp3) is 0.600. The zero-order chi connectivity index (χ0) is 13.4. The first-order valence-corrected chi connectivity index (χ1v) is 7.57. The van der Waals surface area contributed by atoms with Crippen LogP contribution in [0.4, 0.5) is 0 Å². The number of hydrogen-bond donors (Lipinski definition) is 1. The molecule has 1 aliphatic carbocycles. The van der Waals surface area contributed by atoms with Crippen molar-refractivity contribution in [1.29, 1.82) is 0 Å². The van der Waals surface area contributed by atoms with Crippen LogP contribution in [0.2, 0.25) is 0 Å². The van der Waals surface area contributed by atoms with Crippen molar-refractivity contribution in [2.45, 2.75) is 51.0 Å². The Labute approximate surface area is 114 Å². The molecule has 4 atom stereocenters. The lowest BCUT2D eigenvalue weighted by molar-refractivity contribution is 0.0843. The van der Waals surface area contributed by atoms with Gasteiger partial charge in [-0.25, -0.2) is 0 Å². The molecule has 0 radical (unpaired) electrons. The molecule has 0 aliphatic heterocycles. The van der Waals surface area contributed by atoms with Crippen molar-refractivity contribution in [2.75, 3.05) is 7.11 Å². The van der Waals surface area contributed by atoms with Crippen molar-refractivity contribution in [2.24, 2.45) is 0 Å². The molecule has 1 aliphatic rings. The maximum Gasteiger partial charge on any atom is 0.0724 e. The molecule has 1 N–H and O–H groups in total. The smallest absolute Gasteiger partial charge is 0.0724 e. The Morgan fingerprint density at radius 3 is 2.50 bits per heavy atom. The lowest BCUT2D eigenvalue weighted by Crippen LogP contribution is -2.37. The van der Waals surface area contributed by atoms with Crippen LogP contribution >= 0.6 is 9.24 Å². The van der Waals surface area contributed by atoms with Gasteiger partial charge in [-0.2, -0.15) is 0 Å². The average molecular weight is 267 g/mol. The van der Waals surface area contributed by atoms with E-state index >= 15 is 0 Å². The Balaban J connectivity index is 0.000000771. The van der Waals surface area contributed by atoms with Crippen LogP contribution in [0.5, 0.6) is 0 Å². The van der Waals surface area contributed by atoms with Gasteiger partial charge in [-0.05, 0) is 24.8 Å². The predicted molar refractivity (Wildman–Crippen MR) is 81.8 cm³/mol. The van der Waals surface area contributed by atoms with E-state index in [1.54, 1.807) is 0 Å². The Bertz CT molecular complexity index is 318. The standard InChI is InChI=1S/C13H20NOP.C2H6/c1-15-12-9-5-8-11(12)14-13(16)10-6-3-2-4-7-10;1-2/h2-4,6-7,11-14H,5,8-9,16H2,1H3;1-2H3. The number of benzene rings is 1. The lowest BCUT2D eigenvalue weighted by atomic mass is 10.1. The molecular formula is C15H26NOP. The van der Waals surface area contributed by atoms with Gasteiger partial charge >= 0.3 is 0 Å². The molecule has 4 unspecified atom stereocenters. The lowest BCUT2D eigenvalue weighted by Gasteiger charge is -2.24. The summed E-state index contributed by atoms with van der Waals surface area (Å²) < 4.78 is 5.49. The van der Waals surface area contributed by atoms with Gasteiger partial charge in [0, 0.05) is 18.9 Å². The van der Waals surface area contributed by atoms with E-state index in [9.17, 15) is 0 Å². The number of nitrogens with one attached hydrogen (secondary N) is 1. The molecular weight excluding hydrogens is 241 g/mol. The van der Waals surface area contributed by atoms with Gasteiger partial charge in [-0.1, -0.05) is 44.2 Å². The minimum Gasteiger partial charge on any atom is -0.380 e. The molecule has 0 aromatic heterocycles. The third kappa shape index (κ3) is 4.35. The number of rotatable bonds is 4. The first kappa shape index (κ1) is 15.6. The highest BCUT2D eigenvalue weighted by atomic mass is 31.0. The second kappa shape index (κ2) is 8.63. The average Bonchev–Trinajstić information content (AvgIpc) is 2.89. The molecule has 18 heavy (non-hydrogen) atoms. The summed E-state index contributed by atoms with van der Waals surface area (Å²) in [6.45, 7) is 4.00. The molecule has 0 bridgehead atoms. The highest BCUT2D eigenvalue weighted by Crippen LogP contribution is 2.27. The molecule has 0 heterocycles. The van der Waals surface area contributed by atoms with E-state index in [1.807, 2.05) is 21.0 Å². The van der Waals surface area contributed by atoms with Crippen LogP contribution in [0.25, 0.3) is 0 Å². The van der Waals surface area contributed by atoms with Gasteiger partial charge < -0.3 is 10.1 Å². The Hall–Kier alpha value is -0.430. The molecule has 0 amide bonds. The minimum atomic E-state index is 0.321. The normalized spacial score (nSPS) is 24.2. The quantitative estimate of drug-likeness (QED) is 0.839. The third-order valence-corrected chi connectivity index (χ3v) is 3.88. The highest BCUT2D eigenvalue weighted by Gasteiger charge is 2.28. The van der Waals surface area contributed by atoms with Gasteiger partial charge in [0.05, 0.1) is 6.10 Å². The molecule has 1 aromatic rings. The van der Waals surface area contributed by atoms with Crippen LogP contribution in [0.3, 0.4) is 0 Å². The second-order valence-corrected chi connectivity index (χ2v) is 5.03. The van der Waals surface area contributed by atoms with E-state index in [0.717, 1.165) is 0 Å². The number of methoxy groups -OCH3 is 1. The fourth-order valence-electron chi connectivity index (χ4n) is 2.39. The van der Waals surface area contributed by atoms with Gasteiger partial charge in [-0.15, -0.1) is 9.24 Å². The maximum absolute atomic E-state index is 5.49. The SMILES string of the molecule is CC.COC1CCCC1NC(P)c1ccccc1. The van der Waals surface area contributed by atoms with Crippen LogP contribution < -0.4 is 5.32 Å². The third-order valence-electron chi connectivity index (χ3n) is 3.31. The summed E-state index contributed by atoms with van der Waals surface area (Å²) in [5, 5.41) is 3.63. The number of ether oxygens (including phenoxy) is 1. The molecule has 1 aromatic carbocycles. The largest absolute Gasteiger partial charge is 0.380 e. The first-order chi connectivity index (χ1) is 8.81. The topological polar surface area (TPSA) is 21.3 Å². The summed E-state index contributed by atoms with van der Waals surface area (Å²) in [4.78, 5) is 0. The Kier molecular flexibility index (Phi) is 7.50. The van der Waals surface area contributed by atoms with Crippen LogP contribution in [0.15, 0.2) is 30.3 Å². The van der Waals surface area contributed by atoms with Crippen molar-refractivity contribution < 1.29 is 4.74 Å². The van der Waals surface area contributed by atoms with Gasteiger partial charge in [0.1, 0.15) is 0 Å². The van der Waals surface area contributed by atoms with Gasteiger partial charge in [0.25, 0.3) is 0 Å². The van der Waals surface area contributed by atoms with E-state index in [1.165, 1.54) is 24.8 Å². The van der Waals surface area contributed by atoms with E-state index < -0.39 is 0 Å². The highest BCUT2D eigenvalue weighted by molar-refractivity contribution is 7.17. The molecule has 1 saturated carbocycles. The van der Waals surface area contributed by atoms with Crippen molar-refractivity contribution in [3.8, 4) is 0 Å². The summed E-state index contributed by atoms with van der Waals surface area (Å²) in [7, 11) is 4.68. The molecule has 1 fully saturated rings. The molecule has 0 spiro atoms. The maximum atomic E-state index is 5.49. The molecule has 3 heteroatoms. The minimum absolute atomic E-state index is 0.321. The van der Waals surface area contributed by atoms with Gasteiger partial charge in [0.2, 0.25) is 0 Å². The second-order valence-electron chi connectivity index (χ2n) is 4.37. The van der Waals surface area contributed by atoms with Gasteiger partial charge in [0.15, 0.2) is 0 Å². The summed E-state index contributed by atoms with van der Waals surface area (Å²) >= 11 is 0. The van der Waals surface area contributed by atoms with E-state index in [-0.39, 0.29) is 0 Å². The Morgan fingerprint density at radius 1 is 1.22 bits per heavy atom.